The van der Waals surface area contributed by atoms with Crippen LogP contribution in [0.4, 0.5) is 19.0 Å². The number of methoxy groups -OCH3 is 1. The summed E-state index contributed by atoms with van der Waals surface area (Å²) in [5, 5.41) is 3.09. The Morgan fingerprint density at radius 2 is 1.79 bits per heavy atom. The van der Waals surface area contributed by atoms with Gasteiger partial charge in [0.15, 0.2) is 0 Å². The van der Waals surface area contributed by atoms with Gasteiger partial charge in [0.25, 0.3) is 0 Å². The number of nitrogens with one attached hydrogen (secondary N) is 2. The minimum Gasteiger partial charge on any atom is -0.468 e. The van der Waals surface area contributed by atoms with E-state index in [1.54, 1.807) is 12.1 Å². The average molecular weight is 405 g/mol. The summed E-state index contributed by atoms with van der Waals surface area (Å²) in [5.74, 6) is -1.18. The Balaban J connectivity index is 1.94. The van der Waals surface area contributed by atoms with Gasteiger partial charge in [0.2, 0.25) is 5.91 Å². The molecule has 6 nitrogen and oxygen atoms in total. The average Bonchev–Trinajstić information content (AvgIpc) is 3.09. The van der Waals surface area contributed by atoms with Crippen molar-refractivity contribution in [3.05, 3.63) is 48.0 Å². The van der Waals surface area contributed by atoms with Crippen molar-refractivity contribution in [3.8, 4) is 11.3 Å². The van der Waals surface area contributed by atoms with Crippen molar-refractivity contribution in [1.82, 2.24) is 9.97 Å². The van der Waals surface area contributed by atoms with E-state index < -0.39 is 29.0 Å². The number of fused-ring (bicyclic) bond motifs is 1. The number of aromatic amines is 1. The predicted molar refractivity (Wildman–Crippen MR) is 101 cm³/mol. The highest BCUT2D eigenvalue weighted by Crippen LogP contribution is 2.37. The molecule has 0 bridgehead atoms. The molecule has 0 aliphatic rings. The number of halogens is 3. The molecule has 1 aromatic carbocycles. The van der Waals surface area contributed by atoms with Crippen molar-refractivity contribution >= 4 is 28.7 Å². The van der Waals surface area contributed by atoms with Crippen LogP contribution in [0.2, 0.25) is 0 Å². The summed E-state index contributed by atoms with van der Waals surface area (Å²) in [7, 11) is 1.18. The predicted octanol–water partition coefficient (Wildman–Crippen LogP) is 4.39. The third kappa shape index (κ3) is 3.94. The van der Waals surface area contributed by atoms with Crippen LogP contribution < -0.4 is 5.32 Å². The van der Waals surface area contributed by atoms with Crippen molar-refractivity contribution in [3.63, 3.8) is 0 Å². The number of hydrogen-bond donors (Lipinski definition) is 2. The van der Waals surface area contributed by atoms with Crippen molar-refractivity contribution < 1.29 is 27.5 Å². The molecule has 2 aromatic heterocycles. The van der Waals surface area contributed by atoms with Crippen LogP contribution in [0.3, 0.4) is 0 Å². The smallest absolute Gasteiger partial charge is 0.417 e. The fourth-order valence-corrected chi connectivity index (χ4v) is 2.81. The number of pyridine rings is 1. The van der Waals surface area contributed by atoms with E-state index in [9.17, 15) is 22.8 Å². The number of anilines is 1. The standard InChI is InChI=1S/C20H18F3N3O3/c1-19(2,18(28)29-3)17(27)26-15-9-8-11-10-14(24-16(11)25-15)12-6-4-5-7-13(12)20(21,22)23/h4-10H,1-3H3,(H2,24,25,26,27). The van der Waals surface area contributed by atoms with Crippen LogP contribution in [-0.2, 0) is 20.5 Å². The maximum Gasteiger partial charge on any atom is 0.417 e. The highest BCUT2D eigenvalue weighted by Gasteiger charge is 2.37. The molecule has 0 saturated heterocycles. The molecule has 1 amide bonds. The lowest BCUT2D eigenvalue weighted by atomic mass is 9.92. The molecule has 0 fully saturated rings. The molecule has 0 spiro atoms. The van der Waals surface area contributed by atoms with E-state index in [-0.39, 0.29) is 17.1 Å². The number of hydrogen-bond acceptors (Lipinski definition) is 4. The number of rotatable bonds is 4. The minimum atomic E-state index is -4.50. The molecule has 0 aliphatic heterocycles. The number of carbonyl (C=O) groups is 2. The molecule has 0 unspecified atom stereocenters. The van der Waals surface area contributed by atoms with E-state index in [1.165, 1.54) is 45.2 Å². The zero-order valence-electron chi connectivity index (χ0n) is 15.8. The fourth-order valence-electron chi connectivity index (χ4n) is 2.81. The summed E-state index contributed by atoms with van der Waals surface area (Å²) in [6.45, 7) is 2.82. The topological polar surface area (TPSA) is 84.1 Å². The molecule has 9 heteroatoms. The first kappa shape index (κ1) is 20.4. The lowest BCUT2D eigenvalue weighted by Gasteiger charge is -2.20. The second-order valence-electron chi connectivity index (χ2n) is 6.93. The molecule has 2 N–H and O–H groups in total. The van der Waals surface area contributed by atoms with Crippen LogP contribution >= 0.6 is 0 Å². The Kier molecular flexibility index (Phi) is 5.08. The van der Waals surface area contributed by atoms with Gasteiger partial charge >= 0.3 is 12.1 Å². The monoisotopic (exact) mass is 405 g/mol. The Morgan fingerprint density at radius 3 is 2.45 bits per heavy atom. The summed E-state index contributed by atoms with van der Waals surface area (Å²) in [6.07, 6.45) is -4.50. The lowest BCUT2D eigenvalue weighted by molar-refractivity contribution is -0.154. The van der Waals surface area contributed by atoms with Gasteiger partial charge in [0.05, 0.1) is 12.7 Å². The highest BCUT2D eigenvalue weighted by atomic mass is 19.4. The van der Waals surface area contributed by atoms with Gasteiger partial charge in [-0.2, -0.15) is 13.2 Å². The zero-order valence-corrected chi connectivity index (χ0v) is 15.8. The Labute approximate surface area is 164 Å². The number of nitrogens with zero attached hydrogens (tertiary/aromatic N) is 1. The van der Waals surface area contributed by atoms with Crippen LogP contribution in [-0.4, -0.2) is 29.0 Å². The largest absolute Gasteiger partial charge is 0.468 e. The zero-order chi connectivity index (χ0) is 21.4. The third-order valence-electron chi connectivity index (χ3n) is 4.51. The maximum atomic E-state index is 13.3. The van der Waals surface area contributed by atoms with Gasteiger partial charge in [0, 0.05) is 16.6 Å². The van der Waals surface area contributed by atoms with Crippen molar-refractivity contribution in [2.75, 3.05) is 12.4 Å². The normalized spacial score (nSPS) is 12.1. The number of carbonyl (C=O) groups excluding carboxylic acids is 2. The number of aromatic nitrogens is 2. The van der Waals surface area contributed by atoms with E-state index >= 15 is 0 Å². The summed E-state index contributed by atoms with van der Waals surface area (Å²) in [6, 6.07) is 9.88. The van der Waals surface area contributed by atoms with Crippen LogP contribution in [0, 0.1) is 5.41 Å². The Hall–Kier alpha value is -3.36. The molecule has 152 valence electrons. The molecular weight excluding hydrogens is 387 g/mol. The van der Waals surface area contributed by atoms with E-state index in [1.807, 2.05) is 0 Å². The summed E-state index contributed by atoms with van der Waals surface area (Å²) in [4.78, 5) is 31.2. The first-order valence-corrected chi connectivity index (χ1v) is 8.60. The number of esters is 1. The number of H-pyrrole nitrogens is 1. The quantitative estimate of drug-likeness (QED) is 0.498. The fraction of sp³-hybridized carbons (Fsp3) is 0.250. The molecule has 3 aromatic rings. The van der Waals surface area contributed by atoms with Crippen molar-refractivity contribution in [2.24, 2.45) is 5.41 Å². The van der Waals surface area contributed by atoms with Crippen molar-refractivity contribution in [2.45, 2.75) is 20.0 Å². The molecular formula is C20H18F3N3O3. The number of amides is 1. The Morgan fingerprint density at radius 1 is 1.10 bits per heavy atom. The lowest BCUT2D eigenvalue weighted by Crippen LogP contribution is -2.39. The Bertz CT molecular complexity index is 1090. The van der Waals surface area contributed by atoms with Gasteiger partial charge in [0.1, 0.15) is 16.9 Å². The highest BCUT2D eigenvalue weighted by molar-refractivity contribution is 6.08. The summed E-state index contributed by atoms with van der Waals surface area (Å²) >= 11 is 0. The minimum absolute atomic E-state index is 0.00425. The van der Waals surface area contributed by atoms with E-state index in [4.69, 9.17) is 0 Å². The molecule has 0 radical (unpaired) electrons. The second-order valence-corrected chi connectivity index (χ2v) is 6.93. The number of alkyl halides is 3. The van der Waals surface area contributed by atoms with E-state index in [0.717, 1.165) is 6.07 Å². The van der Waals surface area contributed by atoms with Crippen LogP contribution in [0.25, 0.3) is 22.3 Å². The van der Waals surface area contributed by atoms with Gasteiger partial charge in [-0.1, -0.05) is 18.2 Å². The molecule has 2 heterocycles. The second kappa shape index (κ2) is 7.23. The van der Waals surface area contributed by atoms with Crippen LogP contribution in [0.5, 0.6) is 0 Å². The maximum absolute atomic E-state index is 13.3. The van der Waals surface area contributed by atoms with Gasteiger partial charge in [-0.3, -0.25) is 9.59 Å². The van der Waals surface area contributed by atoms with E-state index in [2.05, 4.69) is 20.0 Å². The summed E-state index contributed by atoms with van der Waals surface area (Å²) < 4.78 is 44.5. The van der Waals surface area contributed by atoms with Crippen molar-refractivity contribution in [1.29, 1.82) is 0 Å². The number of ether oxygens (including phenoxy) is 1. The number of benzene rings is 1. The summed E-state index contributed by atoms with van der Waals surface area (Å²) in [5.41, 5.74) is -1.66. The molecule has 29 heavy (non-hydrogen) atoms. The first-order valence-electron chi connectivity index (χ1n) is 8.60. The first-order chi connectivity index (χ1) is 13.5. The SMILES string of the molecule is COC(=O)C(C)(C)C(=O)Nc1ccc2cc(-c3ccccc3C(F)(F)F)[nH]c2n1. The van der Waals surface area contributed by atoms with Crippen LogP contribution in [0.1, 0.15) is 19.4 Å². The van der Waals surface area contributed by atoms with Gasteiger partial charge in [-0.25, -0.2) is 4.98 Å². The van der Waals surface area contributed by atoms with Crippen LogP contribution in [0.15, 0.2) is 42.5 Å². The molecule has 0 saturated carbocycles. The van der Waals surface area contributed by atoms with Gasteiger partial charge in [-0.05, 0) is 38.1 Å². The molecule has 0 atom stereocenters. The van der Waals surface area contributed by atoms with Gasteiger partial charge in [-0.15, -0.1) is 0 Å². The molecule has 3 rings (SSSR count). The molecule has 0 aliphatic carbocycles. The van der Waals surface area contributed by atoms with E-state index in [0.29, 0.717) is 11.0 Å². The van der Waals surface area contributed by atoms with Gasteiger partial charge < -0.3 is 15.0 Å². The third-order valence-corrected chi connectivity index (χ3v) is 4.51.